The number of para-hydroxylation sites is 1. The normalized spacial score (nSPS) is 11.5. The van der Waals surface area contributed by atoms with Crippen molar-refractivity contribution in [1.29, 1.82) is 0 Å². The standard InChI is InChI=1S/C24H24ClN3O4S/c1-15-5-3-4-6-20(15)28-22(30)12-23-27-19(14-33-23)13-32-24(31)11-21(26-16(2)29)17-7-9-18(25)10-8-17/h3-10,14,21H,11-13H2,1-2H3,(H,26,29)(H,28,30). The van der Waals surface area contributed by atoms with Gasteiger partial charge in [-0.2, -0.15) is 0 Å². The summed E-state index contributed by atoms with van der Waals surface area (Å²) in [5.74, 6) is -0.894. The Morgan fingerprint density at radius 2 is 1.85 bits per heavy atom. The number of ether oxygens (including phenoxy) is 1. The highest BCUT2D eigenvalue weighted by Gasteiger charge is 2.19. The molecule has 3 aromatic rings. The first kappa shape index (κ1) is 24.4. The van der Waals surface area contributed by atoms with Crippen molar-refractivity contribution in [2.24, 2.45) is 0 Å². The summed E-state index contributed by atoms with van der Waals surface area (Å²) >= 11 is 7.25. The molecule has 0 radical (unpaired) electrons. The molecule has 7 nitrogen and oxygen atoms in total. The maximum Gasteiger partial charge on any atom is 0.308 e. The first-order valence-electron chi connectivity index (χ1n) is 10.3. The third-order valence-electron chi connectivity index (χ3n) is 4.73. The smallest absolute Gasteiger partial charge is 0.308 e. The van der Waals surface area contributed by atoms with E-state index in [1.807, 2.05) is 31.2 Å². The van der Waals surface area contributed by atoms with Crippen molar-refractivity contribution < 1.29 is 19.1 Å². The lowest BCUT2D eigenvalue weighted by Crippen LogP contribution is -2.28. The summed E-state index contributed by atoms with van der Waals surface area (Å²) in [6.45, 7) is 3.30. The topological polar surface area (TPSA) is 97.4 Å². The van der Waals surface area contributed by atoms with Crippen molar-refractivity contribution in [1.82, 2.24) is 10.3 Å². The number of hydrogen-bond donors (Lipinski definition) is 2. The molecular formula is C24H24ClN3O4S. The highest BCUT2D eigenvalue weighted by Crippen LogP contribution is 2.21. The number of rotatable bonds is 9. The van der Waals surface area contributed by atoms with Gasteiger partial charge in [-0.05, 0) is 36.2 Å². The monoisotopic (exact) mass is 485 g/mol. The van der Waals surface area contributed by atoms with Crippen LogP contribution in [0.4, 0.5) is 5.69 Å². The molecule has 1 atom stereocenters. The minimum atomic E-state index is -0.525. The lowest BCUT2D eigenvalue weighted by Gasteiger charge is -2.17. The third kappa shape index (κ3) is 7.69. The number of carbonyl (C=O) groups excluding carboxylic acids is 3. The van der Waals surface area contributed by atoms with Gasteiger partial charge >= 0.3 is 5.97 Å². The van der Waals surface area contributed by atoms with Crippen LogP contribution in [-0.4, -0.2) is 22.8 Å². The number of hydrogen-bond acceptors (Lipinski definition) is 6. The van der Waals surface area contributed by atoms with Crippen LogP contribution < -0.4 is 10.6 Å². The molecule has 1 aromatic heterocycles. The molecule has 0 fully saturated rings. The molecule has 0 aliphatic carbocycles. The lowest BCUT2D eigenvalue weighted by molar-refractivity contribution is -0.145. The zero-order valence-corrected chi connectivity index (χ0v) is 19.8. The second-order valence-corrected chi connectivity index (χ2v) is 8.82. The van der Waals surface area contributed by atoms with E-state index in [9.17, 15) is 14.4 Å². The summed E-state index contributed by atoms with van der Waals surface area (Å²) in [5, 5.41) is 8.58. The van der Waals surface area contributed by atoms with Gasteiger partial charge in [-0.1, -0.05) is 41.9 Å². The van der Waals surface area contributed by atoms with Gasteiger partial charge in [0.05, 0.1) is 24.6 Å². The maximum absolute atomic E-state index is 12.4. The highest BCUT2D eigenvalue weighted by atomic mass is 35.5. The van der Waals surface area contributed by atoms with Crippen LogP contribution in [0.3, 0.4) is 0 Å². The van der Waals surface area contributed by atoms with Crippen LogP contribution in [0.2, 0.25) is 5.02 Å². The van der Waals surface area contributed by atoms with E-state index >= 15 is 0 Å². The number of esters is 1. The quantitative estimate of drug-likeness (QED) is 0.432. The zero-order chi connectivity index (χ0) is 23.8. The Labute approximate surface area is 201 Å². The zero-order valence-electron chi connectivity index (χ0n) is 18.3. The molecule has 9 heteroatoms. The van der Waals surface area contributed by atoms with E-state index in [2.05, 4.69) is 15.6 Å². The number of nitrogens with zero attached hydrogens (tertiary/aromatic N) is 1. The average Bonchev–Trinajstić information content (AvgIpc) is 3.21. The fourth-order valence-corrected chi connectivity index (χ4v) is 4.02. The summed E-state index contributed by atoms with van der Waals surface area (Å²) in [6.07, 6.45) is 0.102. The molecule has 33 heavy (non-hydrogen) atoms. The summed E-state index contributed by atoms with van der Waals surface area (Å²) in [5.41, 5.74) is 3.06. The molecule has 0 saturated carbocycles. The molecule has 1 unspecified atom stereocenters. The van der Waals surface area contributed by atoms with Gasteiger partial charge in [0, 0.05) is 23.0 Å². The van der Waals surface area contributed by atoms with E-state index in [4.69, 9.17) is 16.3 Å². The van der Waals surface area contributed by atoms with E-state index in [0.717, 1.165) is 16.8 Å². The van der Waals surface area contributed by atoms with E-state index in [1.54, 1.807) is 29.6 Å². The van der Waals surface area contributed by atoms with Crippen LogP contribution in [0.5, 0.6) is 0 Å². The Morgan fingerprint density at radius 3 is 2.55 bits per heavy atom. The number of anilines is 1. The number of carbonyl (C=O) groups is 3. The van der Waals surface area contributed by atoms with Gasteiger partial charge in [-0.3, -0.25) is 14.4 Å². The first-order chi connectivity index (χ1) is 15.8. The first-order valence-corrected chi connectivity index (χ1v) is 11.5. The van der Waals surface area contributed by atoms with Crippen LogP contribution in [0.25, 0.3) is 0 Å². The molecular weight excluding hydrogens is 462 g/mol. The minimum absolute atomic E-state index is 0.0118. The largest absolute Gasteiger partial charge is 0.459 e. The Kier molecular flexibility index (Phi) is 8.57. The molecule has 0 aliphatic rings. The molecule has 2 aromatic carbocycles. The van der Waals surface area contributed by atoms with Gasteiger partial charge in [0.1, 0.15) is 11.6 Å². The summed E-state index contributed by atoms with van der Waals surface area (Å²) < 4.78 is 5.34. The number of halogens is 1. The summed E-state index contributed by atoms with van der Waals surface area (Å²) in [6, 6.07) is 13.9. The predicted octanol–water partition coefficient (Wildman–Crippen LogP) is 4.60. The number of nitrogens with one attached hydrogen (secondary N) is 2. The van der Waals surface area contributed by atoms with Crippen LogP contribution >= 0.6 is 22.9 Å². The van der Waals surface area contributed by atoms with Gasteiger partial charge in [-0.25, -0.2) is 4.98 Å². The molecule has 0 bridgehead atoms. The molecule has 2 amide bonds. The molecule has 3 rings (SSSR count). The van der Waals surface area contributed by atoms with Gasteiger partial charge in [0.25, 0.3) is 0 Å². The maximum atomic E-state index is 12.4. The highest BCUT2D eigenvalue weighted by molar-refractivity contribution is 7.09. The molecule has 2 N–H and O–H groups in total. The van der Waals surface area contributed by atoms with Gasteiger partial charge in [0.15, 0.2) is 0 Å². The summed E-state index contributed by atoms with van der Waals surface area (Å²) in [7, 11) is 0. The Morgan fingerprint density at radius 1 is 1.12 bits per heavy atom. The van der Waals surface area contributed by atoms with E-state index < -0.39 is 12.0 Å². The van der Waals surface area contributed by atoms with Crippen LogP contribution in [0.15, 0.2) is 53.9 Å². The molecule has 0 aliphatic heterocycles. The van der Waals surface area contributed by atoms with Gasteiger partial charge < -0.3 is 15.4 Å². The third-order valence-corrected chi connectivity index (χ3v) is 5.88. The fourth-order valence-electron chi connectivity index (χ4n) is 3.11. The number of aryl methyl sites for hydroxylation is 1. The van der Waals surface area contributed by atoms with Crippen molar-refractivity contribution in [3.63, 3.8) is 0 Å². The second kappa shape index (κ2) is 11.6. The fraction of sp³-hybridized carbons (Fsp3) is 0.250. The Bertz CT molecular complexity index is 1130. The average molecular weight is 486 g/mol. The summed E-state index contributed by atoms with van der Waals surface area (Å²) in [4.78, 5) is 40.6. The van der Waals surface area contributed by atoms with Gasteiger partial charge in [0.2, 0.25) is 11.8 Å². The van der Waals surface area contributed by atoms with E-state index in [-0.39, 0.29) is 31.3 Å². The second-order valence-electron chi connectivity index (χ2n) is 7.44. The van der Waals surface area contributed by atoms with Crippen molar-refractivity contribution in [3.8, 4) is 0 Å². The van der Waals surface area contributed by atoms with Crippen molar-refractivity contribution in [2.75, 3.05) is 5.32 Å². The van der Waals surface area contributed by atoms with Crippen LogP contribution in [-0.2, 0) is 32.1 Å². The number of benzene rings is 2. The van der Waals surface area contributed by atoms with E-state index in [0.29, 0.717) is 15.7 Å². The molecule has 172 valence electrons. The SMILES string of the molecule is CC(=O)NC(CC(=O)OCc1csc(CC(=O)Nc2ccccc2C)n1)c1ccc(Cl)cc1. The van der Waals surface area contributed by atoms with Crippen LogP contribution in [0, 0.1) is 6.92 Å². The number of amides is 2. The van der Waals surface area contributed by atoms with Gasteiger partial charge in [-0.15, -0.1) is 11.3 Å². The van der Waals surface area contributed by atoms with Crippen molar-refractivity contribution in [3.05, 3.63) is 80.8 Å². The predicted molar refractivity (Wildman–Crippen MR) is 128 cm³/mol. The van der Waals surface area contributed by atoms with Crippen LogP contribution in [0.1, 0.15) is 41.2 Å². The molecule has 0 saturated heterocycles. The Balaban J connectivity index is 1.51. The van der Waals surface area contributed by atoms with Crippen molar-refractivity contribution in [2.45, 2.75) is 39.3 Å². The van der Waals surface area contributed by atoms with E-state index in [1.165, 1.54) is 18.3 Å². The minimum Gasteiger partial charge on any atom is -0.459 e. The Hall–Kier alpha value is -3.23. The number of thiazole rings is 1. The number of aromatic nitrogens is 1. The lowest BCUT2D eigenvalue weighted by atomic mass is 10.0. The molecule has 1 heterocycles. The molecule has 0 spiro atoms. The van der Waals surface area contributed by atoms with Crippen molar-refractivity contribution >= 4 is 46.4 Å².